The van der Waals surface area contributed by atoms with Gasteiger partial charge in [0.15, 0.2) is 5.96 Å². The number of guanidine groups is 1. The van der Waals surface area contributed by atoms with E-state index in [4.69, 9.17) is 14.5 Å². The van der Waals surface area contributed by atoms with Gasteiger partial charge in [0.2, 0.25) is 10.0 Å². The van der Waals surface area contributed by atoms with Crippen LogP contribution in [0.4, 0.5) is 0 Å². The normalized spacial score (nSPS) is 21.5. The lowest BCUT2D eigenvalue weighted by molar-refractivity contribution is -0.0721. The van der Waals surface area contributed by atoms with Crippen molar-refractivity contribution in [1.29, 1.82) is 0 Å². The molecule has 0 amide bonds. The summed E-state index contributed by atoms with van der Waals surface area (Å²) in [4.78, 5) is 7.00. The van der Waals surface area contributed by atoms with Crippen LogP contribution in [0.1, 0.15) is 52.4 Å². The molecule has 1 atom stereocenters. The summed E-state index contributed by atoms with van der Waals surface area (Å²) in [6, 6.07) is 0. The van der Waals surface area contributed by atoms with Gasteiger partial charge >= 0.3 is 0 Å². The third kappa shape index (κ3) is 9.54. The van der Waals surface area contributed by atoms with Crippen molar-refractivity contribution >= 4 is 40.0 Å². The summed E-state index contributed by atoms with van der Waals surface area (Å²) in [5, 5.41) is 3.36. The number of rotatable bonds is 10. The molecule has 2 saturated heterocycles. The van der Waals surface area contributed by atoms with E-state index in [-0.39, 0.29) is 35.8 Å². The second-order valence-corrected chi connectivity index (χ2v) is 10.2. The van der Waals surface area contributed by atoms with Crippen molar-refractivity contribution in [2.75, 3.05) is 58.7 Å². The molecule has 0 spiro atoms. The maximum absolute atomic E-state index is 11.8. The van der Waals surface area contributed by atoms with E-state index in [0.29, 0.717) is 32.2 Å². The summed E-state index contributed by atoms with van der Waals surface area (Å²) in [5.74, 6) is 1.06. The Morgan fingerprint density at radius 3 is 2.57 bits per heavy atom. The number of hydrogen-bond acceptors (Lipinski definition) is 5. The van der Waals surface area contributed by atoms with E-state index in [9.17, 15) is 8.42 Å². The molecule has 0 aliphatic carbocycles. The van der Waals surface area contributed by atoms with E-state index in [1.165, 1.54) is 17.1 Å². The zero-order chi connectivity index (χ0) is 21.1. The molecular formula is C20H41IN4O4S. The highest BCUT2D eigenvalue weighted by Crippen LogP contribution is 2.18. The molecule has 1 unspecified atom stereocenters. The van der Waals surface area contributed by atoms with Gasteiger partial charge in [-0.2, -0.15) is 0 Å². The topological polar surface area (TPSA) is 83.5 Å². The van der Waals surface area contributed by atoms with E-state index >= 15 is 0 Å². The highest BCUT2D eigenvalue weighted by atomic mass is 127. The average molecular weight is 561 g/mol. The van der Waals surface area contributed by atoms with Crippen LogP contribution in [0.2, 0.25) is 0 Å². The van der Waals surface area contributed by atoms with Crippen LogP contribution in [0.25, 0.3) is 0 Å². The van der Waals surface area contributed by atoms with Gasteiger partial charge in [-0.1, -0.05) is 0 Å². The molecule has 2 rings (SSSR count). The Balaban J connectivity index is 0.00000450. The van der Waals surface area contributed by atoms with Crippen LogP contribution in [-0.4, -0.2) is 94.5 Å². The first kappa shape index (κ1) is 27.9. The lowest BCUT2D eigenvalue weighted by Crippen LogP contribution is -2.47. The molecule has 2 fully saturated rings. The summed E-state index contributed by atoms with van der Waals surface area (Å²) in [6.45, 7) is 9.10. The van der Waals surface area contributed by atoms with Crippen LogP contribution in [0.15, 0.2) is 4.99 Å². The van der Waals surface area contributed by atoms with Crippen LogP contribution < -0.4 is 5.32 Å². The second-order valence-electron chi connectivity index (χ2n) is 7.82. The van der Waals surface area contributed by atoms with Crippen molar-refractivity contribution in [2.24, 2.45) is 4.99 Å². The van der Waals surface area contributed by atoms with Crippen molar-refractivity contribution in [2.45, 2.75) is 64.6 Å². The van der Waals surface area contributed by atoms with E-state index < -0.39 is 10.0 Å². The van der Waals surface area contributed by atoms with E-state index in [0.717, 1.165) is 51.5 Å². The number of likely N-dealkylation sites (tertiary alicyclic amines) is 1. The zero-order valence-corrected chi connectivity index (χ0v) is 22.0. The molecule has 178 valence electrons. The number of nitrogens with zero attached hydrogens (tertiary/aromatic N) is 3. The Hall–Kier alpha value is -0.170. The molecule has 2 aliphatic rings. The Labute approximate surface area is 200 Å². The fourth-order valence-electron chi connectivity index (χ4n) is 3.68. The van der Waals surface area contributed by atoms with Crippen molar-refractivity contribution in [3.05, 3.63) is 0 Å². The van der Waals surface area contributed by atoms with Gasteiger partial charge in [0.25, 0.3) is 0 Å². The number of ether oxygens (including phenoxy) is 2. The van der Waals surface area contributed by atoms with Crippen molar-refractivity contribution in [1.82, 2.24) is 14.5 Å². The number of nitrogens with one attached hydrogen (secondary N) is 1. The Bertz CT molecular complexity index is 592. The largest absolute Gasteiger partial charge is 0.376 e. The van der Waals surface area contributed by atoms with Crippen molar-refractivity contribution in [3.63, 3.8) is 0 Å². The molecule has 2 aliphatic heterocycles. The van der Waals surface area contributed by atoms with Crippen molar-refractivity contribution in [3.8, 4) is 0 Å². The Morgan fingerprint density at radius 2 is 1.97 bits per heavy atom. The van der Waals surface area contributed by atoms with E-state index in [2.05, 4.69) is 17.1 Å². The van der Waals surface area contributed by atoms with Gasteiger partial charge in [-0.05, 0) is 52.4 Å². The first-order valence-corrected chi connectivity index (χ1v) is 12.8. The highest BCUT2D eigenvalue weighted by Gasteiger charge is 2.23. The Kier molecular flexibility index (Phi) is 13.8. The average Bonchev–Trinajstić information content (AvgIpc) is 2.75. The number of hydrogen-bond donors (Lipinski definition) is 1. The number of sulfonamides is 1. The summed E-state index contributed by atoms with van der Waals surface area (Å²) in [7, 11) is -1.48. The second kappa shape index (κ2) is 14.8. The fourth-order valence-corrected chi connectivity index (χ4v) is 4.53. The van der Waals surface area contributed by atoms with E-state index in [1.54, 1.807) is 14.0 Å². The van der Waals surface area contributed by atoms with Crippen LogP contribution in [0, 0.1) is 0 Å². The minimum atomic E-state index is -3.11. The third-order valence-electron chi connectivity index (χ3n) is 5.60. The quantitative estimate of drug-likeness (QED) is 0.191. The molecule has 8 nitrogen and oxygen atoms in total. The van der Waals surface area contributed by atoms with Gasteiger partial charge in [0.05, 0.1) is 24.6 Å². The first-order valence-electron chi connectivity index (χ1n) is 11.2. The predicted octanol–water partition coefficient (Wildman–Crippen LogP) is 2.29. The molecule has 0 aromatic heterocycles. The molecule has 0 bridgehead atoms. The summed E-state index contributed by atoms with van der Waals surface area (Å²) >= 11 is 0. The molecule has 2 heterocycles. The van der Waals surface area contributed by atoms with E-state index in [1.807, 2.05) is 0 Å². The number of aliphatic imine (C=N–C) groups is 1. The maximum atomic E-state index is 11.8. The van der Waals surface area contributed by atoms with Crippen LogP contribution in [-0.2, 0) is 19.5 Å². The molecule has 10 heteroatoms. The van der Waals surface area contributed by atoms with Gasteiger partial charge < -0.3 is 19.7 Å². The standard InChI is InChI=1S/C20H40N4O4S.HI/c1-4-21-20(22-12-8-13-23(3)29(25,26)5-2)24-14-10-18(11-15-24)28-17-19-9-6-7-16-27-19;/h18-19H,4-17H2,1-3H3,(H,21,22);1H. The van der Waals surface area contributed by atoms with Gasteiger partial charge in [0.1, 0.15) is 0 Å². The highest BCUT2D eigenvalue weighted by molar-refractivity contribution is 14.0. The Morgan fingerprint density at radius 1 is 1.23 bits per heavy atom. The minimum absolute atomic E-state index is 0. The van der Waals surface area contributed by atoms with Crippen LogP contribution in [0.5, 0.6) is 0 Å². The summed E-state index contributed by atoms with van der Waals surface area (Å²) in [6.07, 6.45) is 6.81. The van der Waals surface area contributed by atoms with Gasteiger partial charge in [-0.3, -0.25) is 4.99 Å². The summed E-state index contributed by atoms with van der Waals surface area (Å²) in [5.41, 5.74) is 0. The molecule has 0 saturated carbocycles. The SMILES string of the molecule is CCNC(=NCCCN(C)S(=O)(=O)CC)N1CCC(OCC2CCCCO2)CC1.I. The predicted molar refractivity (Wildman–Crippen MR) is 132 cm³/mol. The monoisotopic (exact) mass is 560 g/mol. The molecule has 30 heavy (non-hydrogen) atoms. The van der Waals surface area contributed by atoms with Gasteiger partial charge in [-0.25, -0.2) is 12.7 Å². The van der Waals surface area contributed by atoms with Crippen LogP contribution >= 0.6 is 24.0 Å². The first-order chi connectivity index (χ1) is 14.0. The number of halogens is 1. The van der Waals surface area contributed by atoms with Gasteiger partial charge in [0, 0.05) is 46.4 Å². The van der Waals surface area contributed by atoms with Crippen molar-refractivity contribution < 1.29 is 17.9 Å². The molecular weight excluding hydrogens is 519 g/mol. The van der Waals surface area contributed by atoms with Crippen LogP contribution in [0.3, 0.4) is 0 Å². The zero-order valence-electron chi connectivity index (χ0n) is 18.8. The van der Waals surface area contributed by atoms with Gasteiger partial charge in [-0.15, -0.1) is 24.0 Å². The molecule has 0 radical (unpaired) electrons. The summed E-state index contributed by atoms with van der Waals surface area (Å²) < 4.78 is 36.9. The molecule has 0 aromatic carbocycles. The molecule has 1 N–H and O–H groups in total. The fraction of sp³-hybridized carbons (Fsp3) is 0.950. The molecule has 0 aromatic rings. The third-order valence-corrected chi connectivity index (χ3v) is 7.46. The lowest BCUT2D eigenvalue weighted by atomic mass is 10.1. The lowest BCUT2D eigenvalue weighted by Gasteiger charge is -2.35. The number of piperidine rings is 1. The maximum Gasteiger partial charge on any atom is 0.213 e. The smallest absolute Gasteiger partial charge is 0.213 e. The minimum Gasteiger partial charge on any atom is -0.376 e.